The smallest absolute Gasteiger partial charge is 0.410 e. The van der Waals surface area contributed by atoms with Gasteiger partial charge in [0.2, 0.25) is 5.91 Å². The van der Waals surface area contributed by atoms with E-state index < -0.39 is 5.60 Å². The van der Waals surface area contributed by atoms with E-state index in [0.717, 1.165) is 4.70 Å². The molecule has 1 fully saturated rings. The van der Waals surface area contributed by atoms with Crippen LogP contribution in [0.5, 0.6) is 5.75 Å². The van der Waals surface area contributed by atoms with E-state index in [-0.39, 0.29) is 24.1 Å². The second kappa shape index (κ2) is 7.83. The van der Waals surface area contributed by atoms with E-state index in [2.05, 4.69) is 0 Å². The van der Waals surface area contributed by atoms with Crippen molar-refractivity contribution < 1.29 is 19.1 Å². The van der Waals surface area contributed by atoms with Crippen LogP contribution in [-0.4, -0.2) is 64.6 Å². The average Bonchev–Trinajstić information content (AvgIpc) is 2.95. The van der Waals surface area contributed by atoms with Crippen molar-refractivity contribution in [3.8, 4) is 5.75 Å². The van der Waals surface area contributed by atoms with Gasteiger partial charge in [-0.15, -0.1) is 0 Å². The lowest BCUT2D eigenvalue weighted by atomic mass is 10.2. The maximum absolute atomic E-state index is 12.6. The van der Waals surface area contributed by atoms with E-state index in [9.17, 15) is 14.4 Å². The Morgan fingerprint density at radius 3 is 2.36 bits per heavy atom. The Balaban J connectivity index is 1.62. The highest BCUT2D eigenvalue weighted by molar-refractivity contribution is 7.13. The molecule has 3 rings (SSSR count). The summed E-state index contributed by atoms with van der Waals surface area (Å²) in [6.45, 7) is 7.14. The minimum atomic E-state index is -0.547. The zero-order chi connectivity index (χ0) is 20.5. The van der Waals surface area contributed by atoms with Crippen LogP contribution in [0.3, 0.4) is 0 Å². The highest BCUT2D eigenvalue weighted by atomic mass is 32.1. The Morgan fingerprint density at radius 2 is 1.75 bits per heavy atom. The van der Waals surface area contributed by atoms with Gasteiger partial charge in [0, 0.05) is 26.2 Å². The molecule has 0 radical (unpaired) electrons. The largest absolute Gasteiger partial charge is 0.497 e. The van der Waals surface area contributed by atoms with Crippen molar-refractivity contribution in [1.82, 2.24) is 13.8 Å². The van der Waals surface area contributed by atoms with E-state index in [1.165, 1.54) is 15.5 Å². The summed E-state index contributed by atoms with van der Waals surface area (Å²) in [6, 6.07) is 5.24. The molecule has 0 unspecified atom stereocenters. The number of ether oxygens (including phenoxy) is 2. The van der Waals surface area contributed by atoms with Crippen molar-refractivity contribution in [3.05, 3.63) is 28.6 Å². The van der Waals surface area contributed by atoms with Gasteiger partial charge in [-0.2, -0.15) is 0 Å². The van der Waals surface area contributed by atoms with Gasteiger partial charge in [-0.25, -0.2) is 4.79 Å². The molecule has 2 amide bonds. The van der Waals surface area contributed by atoms with E-state index in [0.29, 0.717) is 37.3 Å². The molecule has 1 aliphatic rings. The molecule has 0 N–H and O–H groups in total. The maximum Gasteiger partial charge on any atom is 0.410 e. The number of fused-ring (bicyclic) bond motifs is 1. The van der Waals surface area contributed by atoms with Gasteiger partial charge in [0.1, 0.15) is 17.9 Å². The summed E-state index contributed by atoms with van der Waals surface area (Å²) in [5, 5.41) is 0.577. The minimum Gasteiger partial charge on any atom is -0.497 e. The number of rotatable bonds is 3. The second-order valence-electron chi connectivity index (χ2n) is 7.64. The van der Waals surface area contributed by atoms with Crippen LogP contribution in [-0.2, 0) is 16.1 Å². The van der Waals surface area contributed by atoms with Gasteiger partial charge in [0.05, 0.1) is 17.2 Å². The molecule has 0 atom stereocenters. The average molecular weight is 407 g/mol. The lowest BCUT2D eigenvalue weighted by Gasteiger charge is -2.35. The van der Waals surface area contributed by atoms with Crippen molar-refractivity contribution in [1.29, 1.82) is 0 Å². The van der Waals surface area contributed by atoms with Crippen molar-refractivity contribution in [2.75, 3.05) is 33.3 Å². The molecule has 0 aliphatic carbocycles. The van der Waals surface area contributed by atoms with Crippen LogP contribution in [0.15, 0.2) is 23.0 Å². The number of benzene rings is 1. The summed E-state index contributed by atoms with van der Waals surface area (Å²) >= 11 is 1.25. The number of carbonyl (C=O) groups excluding carboxylic acids is 2. The molecule has 1 aromatic carbocycles. The molecule has 0 bridgehead atoms. The van der Waals surface area contributed by atoms with Gasteiger partial charge in [0.25, 0.3) is 5.56 Å². The summed E-state index contributed by atoms with van der Waals surface area (Å²) in [6.07, 6.45) is -0.366. The van der Waals surface area contributed by atoms with Gasteiger partial charge < -0.3 is 19.3 Å². The third-order valence-corrected chi connectivity index (χ3v) is 5.47. The third kappa shape index (κ3) is 4.46. The lowest BCUT2D eigenvalue weighted by molar-refractivity contribution is -0.133. The number of methoxy groups -OCH3 is 1. The number of carbonyl (C=O) groups is 2. The Morgan fingerprint density at radius 1 is 1.11 bits per heavy atom. The minimum absolute atomic E-state index is 0.00701. The van der Waals surface area contributed by atoms with Crippen LogP contribution in [0.2, 0.25) is 0 Å². The number of hydrogen-bond acceptors (Lipinski definition) is 6. The van der Waals surface area contributed by atoms with Crippen molar-refractivity contribution in [3.63, 3.8) is 0 Å². The summed E-state index contributed by atoms with van der Waals surface area (Å²) in [7, 11) is 1.57. The molecule has 9 heteroatoms. The monoisotopic (exact) mass is 407 g/mol. The standard InChI is InChI=1S/C19H25N3O5S/c1-19(2,3)27-18(25)21-9-7-20(8-10-21)16(23)12-22-17(24)14-6-5-13(26-4)11-15(14)28-22/h5-6,11H,7-10,12H2,1-4H3. The van der Waals surface area contributed by atoms with E-state index >= 15 is 0 Å². The van der Waals surface area contributed by atoms with E-state index in [1.54, 1.807) is 35.1 Å². The number of amides is 2. The topological polar surface area (TPSA) is 81.1 Å². The first-order valence-corrected chi connectivity index (χ1v) is 9.89. The first-order valence-electron chi connectivity index (χ1n) is 9.11. The molecule has 2 aromatic rings. The zero-order valence-electron chi connectivity index (χ0n) is 16.6. The molecule has 8 nitrogen and oxygen atoms in total. The molecule has 28 heavy (non-hydrogen) atoms. The Kier molecular flexibility index (Phi) is 5.64. The number of aromatic nitrogens is 1. The van der Waals surface area contributed by atoms with Crippen LogP contribution in [0.1, 0.15) is 20.8 Å². The van der Waals surface area contributed by atoms with Gasteiger partial charge in [0.15, 0.2) is 0 Å². The number of piperazine rings is 1. The van der Waals surface area contributed by atoms with Gasteiger partial charge >= 0.3 is 6.09 Å². The zero-order valence-corrected chi connectivity index (χ0v) is 17.4. The third-order valence-electron chi connectivity index (χ3n) is 4.42. The van der Waals surface area contributed by atoms with Crippen LogP contribution in [0, 0.1) is 0 Å². The Bertz CT molecular complexity index is 935. The van der Waals surface area contributed by atoms with Gasteiger partial charge in [-0.1, -0.05) is 11.5 Å². The molecule has 152 valence electrons. The fraction of sp³-hybridized carbons (Fsp3) is 0.526. The molecule has 2 heterocycles. The van der Waals surface area contributed by atoms with E-state index in [1.807, 2.05) is 20.8 Å². The first-order chi connectivity index (χ1) is 13.2. The van der Waals surface area contributed by atoms with Crippen LogP contribution < -0.4 is 10.3 Å². The quantitative estimate of drug-likeness (QED) is 0.779. The van der Waals surface area contributed by atoms with Crippen LogP contribution in [0.25, 0.3) is 10.1 Å². The van der Waals surface area contributed by atoms with Crippen LogP contribution >= 0.6 is 11.5 Å². The SMILES string of the molecule is COc1ccc2c(=O)n(CC(=O)N3CCN(C(=O)OC(C)(C)C)CC3)sc2c1. The molecule has 0 spiro atoms. The molecule has 1 saturated heterocycles. The van der Waals surface area contributed by atoms with Crippen LogP contribution in [0.4, 0.5) is 4.79 Å². The van der Waals surface area contributed by atoms with Gasteiger partial charge in [-0.05, 0) is 39.0 Å². The maximum atomic E-state index is 12.6. The fourth-order valence-electron chi connectivity index (χ4n) is 2.97. The Labute approximate surface area is 167 Å². The summed E-state index contributed by atoms with van der Waals surface area (Å²) < 4.78 is 12.8. The number of hydrogen-bond donors (Lipinski definition) is 0. The summed E-state index contributed by atoms with van der Waals surface area (Å²) in [5.41, 5.74) is -0.724. The summed E-state index contributed by atoms with van der Waals surface area (Å²) in [5.74, 6) is 0.537. The highest BCUT2D eigenvalue weighted by Gasteiger charge is 2.28. The molecule has 1 aliphatic heterocycles. The second-order valence-corrected chi connectivity index (χ2v) is 8.71. The molecule has 0 saturated carbocycles. The molecule has 1 aromatic heterocycles. The number of nitrogens with zero attached hydrogens (tertiary/aromatic N) is 3. The predicted molar refractivity (Wildman–Crippen MR) is 107 cm³/mol. The first kappa shape index (κ1) is 20.2. The molecular weight excluding hydrogens is 382 g/mol. The van der Waals surface area contributed by atoms with E-state index in [4.69, 9.17) is 9.47 Å². The molecular formula is C19H25N3O5S. The van der Waals surface area contributed by atoms with Crippen molar-refractivity contribution in [2.24, 2.45) is 0 Å². The van der Waals surface area contributed by atoms with Gasteiger partial charge in [-0.3, -0.25) is 13.5 Å². The predicted octanol–water partition coefficient (Wildman–Crippen LogP) is 2.15. The van der Waals surface area contributed by atoms with Crippen molar-refractivity contribution in [2.45, 2.75) is 32.9 Å². The highest BCUT2D eigenvalue weighted by Crippen LogP contribution is 2.22. The summed E-state index contributed by atoms with van der Waals surface area (Å²) in [4.78, 5) is 40.6. The van der Waals surface area contributed by atoms with Crippen molar-refractivity contribution >= 4 is 33.6 Å². The normalized spacial score (nSPS) is 15.0. The fourth-order valence-corrected chi connectivity index (χ4v) is 3.98. The Hall–Kier alpha value is -2.55. The lowest BCUT2D eigenvalue weighted by Crippen LogP contribution is -2.52.